The highest BCUT2D eigenvalue weighted by Gasteiger charge is 1.91. The molecule has 10 heavy (non-hydrogen) atoms. The highest BCUT2D eigenvalue weighted by atomic mass is 127. The second-order valence-electron chi connectivity index (χ2n) is 2.01. The van der Waals surface area contributed by atoms with Crippen LogP contribution in [0.25, 0.3) is 0 Å². The zero-order chi connectivity index (χ0) is 6.85. The molecule has 1 aromatic rings. The van der Waals surface area contributed by atoms with Crippen LogP contribution in [-0.4, -0.2) is 0 Å². The van der Waals surface area contributed by atoms with Gasteiger partial charge in [0.15, 0.2) is 0 Å². The average molecular weight is 270 g/mol. The van der Waals surface area contributed by atoms with Crippen LogP contribution in [0.4, 0.5) is 5.69 Å². The first-order valence-corrected chi connectivity index (χ1v) is 3.79. The second kappa shape index (κ2) is 4.03. The Kier molecular flexibility index (Phi) is 4.05. The van der Waals surface area contributed by atoms with E-state index in [0.717, 1.165) is 5.69 Å². The van der Waals surface area contributed by atoms with Crippen molar-refractivity contribution in [2.75, 3.05) is 5.73 Å². The highest BCUT2D eigenvalue weighted by molar-refractivity contribution is 14.1. The standard InChI is InChI=1S/C7H8IN.ClH/c1-5-2-3-6(9)4-7(5)8;/h2-4H,9H2,1H3;1H. The van der Waals surface area contributed by atoms with Crippen LogP contribution in [0.5, 0.6) is 0 Å². The molecule has 0 radical (unpaired) electrons. The molecule has 0 bridgehead atoms. The molecule has 0 fully saturated rings. The summed E-state index contributed by atoms with van der Waals surface area (Å²) in [6, 6.07) is 5.91. The molecule has 0 saturated carbocycles. The molecule has 0 aromatic heterocycles. The van der Waals surface area contributed by atoms with Gasteiger partial charge in [-0.3, -0.25) is 0 Å². The number of rotatable bonds is 0. The van der Waals surface area contributed by atoms with Gasteiger partial charge in [-0.25, -0.2) is 0 Å². The Hall–Kier alpha value is 0.0400. The summed E-state index contributed by atoms with van der Waals surface area (Å²) in [7, 11) is 0. The number of nitrogens with two attached hydrogens (primary N) is 1. The van der Waals surface area contributed by atoms with Gasteiger partial charge in [0.25, 0.3) is 0 Å². The summed E-state index contributed by atoms with van der Waals surface area (Å²) >= 11 is 2.27. The van der Waals surface area contributed by atoms with Gasteiger partial charge in [-0.05, 0) is 47.2 Å². The average Bonchev–Trinajstić information content (AvgIpc) is 1.80. The summed E-state index contributed by atoms with van der Waals surface area (Å²) in [6.07, 6.45) is 0. The summed E-state index contributed by atoms with van der Waals surface area (Å²) in [5.41, 5.74) is 7.64. The van der Waals surface area contributed by atoms with E-state index in [1.165, 1.54) is 9.13 Å². The number of hydrogen-bond acceptors (Lipinski definition) is 1. The summed E-state index contributed by atoms with van der Waals surface area (Å²) in [4.78, 5) is 0. The van der Waals surface area contributed by atoms with Crippen molar-refractivity contribution in [1.82, 2.24) is 0 Å². The van der Waals surface area contributed by atoms with Crippen molar-refractivity contribution in [2.45, 2.75) is 6.92 Å². The molecule has 0 saturated heterocycles. The molecule has 0 atom stereocenters. The third kappa shape index (κ3) is 2.34. The van der Waals surface area contributed by atoms with Gasteiger partial charge in [0, 0.05) is 9.26 Å². The molecule has 3 heteroatoms. The quantitative estimate of drug-likeness (QED) is 0.569. The van der Waals surface area contributed by atoms with E-state index in [4.69, 9.17) is 5.73 Å². The van der Waals surface area contributed by atoms with Crippen molar-refractivity contribution in [2.24, 2.45) is 0 Å². The molecule has 0 spiro atoms. The summed E-state index contributed by atoms with van der Waals surface area (Å²) in [5, 5.41) is 0. The smallest absolute Gasteiger partial charge is 0.0324 e. The van der Waals surface area contributed by atoms with Gasteiger partial charge >= 0.3 is 0 Å². The molecule has 0 heterocycles. The van der Waals surface area contributed by atoms with Crippen LogP contribution in [0.3, 0.4) is 0 Å². The lowest BCUT2D eigenvalue weighted by Crippen LogP contribution is -1.86. The minimum Gasteiger partial charge on any atom is -0.399 e. The third-order valence-corrected chi connectivity index (χ3v) is 2.36. The Morgan fingerprint density at radius 3 is 2.40 bits per heavy atom. The maximum atomic E-state index is 5.52. The van der Waals surface area contributed by atoms with Crippen LogP contribution in [0.15, 0.2) is 18.2 Å². The van der Waals surface area contributed by atoms with Gasteiger partial charge in [0.05, 0.1) is 0 Å². The predicted molar refractivity (Wildman–Crippen MR) is 55.6 cm³/mol. The maximum absolute atomic E-state index is 5.52. The topological polar surface area (TPSA) is 26.0 Å². The molecule has 1 aromatic carbocycles. The van der Waals surface area contributed by atoms with Crippen molar-refractivity contribution < 1.29 is 0 Å². The summed E-state index contributed by atoms with van der Waals surface area (Å²) in [6.45, 7) is 2.07. The maximum Gasteiger partial charge on any atom is 0.0324 e. The first-order valence-electron chi connectivity index (χ1n) is 2.72. The predicted octanol–water partition coefficient (Wildman–Crippen LogP) is 2.60. The summed E-state index contributed by atoms with van der Waals surface area (Å²) in [5.74, 6) is 0. The SMILES string of the molecule is Cc1ccc(N)cc1I.Cl. The van der Waals surface area contributed by atoms with Crippen molar-refractivity contribution in [1.29, 1.82) is 0 Å². The van der Waals surface area contributed by atoms with Crippen LogP contribution in [0.1, 0.15) is 5.56 Å². The number of hydrogen-bond donors (Lipinski definition) is 1. The fourth-order valence-electron chi connectivity index (χ4n) is 0.609. The van der Waals surface area contributed by atoms with Crippen LogP contribution in [0, 0.1) is 10.5 Å². The van der Waals surface area contributed by atoms with Crippen LogP contribution < -0.4 is 5.73 Å². The molecule has 2 N–H and O–H groups in total. The fourth-order valence-corrected chi connectivity index (χ4v) is 1.15. The number of aryl methyl sites for hydroxylation is 1. The lowest BCUT2D eigenvalue weighted by Gasteiger charge is -1.96. The van der Waals surface area contributed by atoms with E-state index in [9.17, 15) is 0 Å². The minimum absolute atomic E-state index is 0. The van der Waals surface area contributed by atoms with Crippen molar-refractivity contribution in [3.8, 4) is 0 Å². The van der Waals surface area contributed by atoms with Gasteiger partial charge in [-0.2, -0.15) is 0 Å². The van der Waals surface area contributed by atoms with Crippen molar-refractivity contribution in [3.63, 3.8) is 0 Å². The molecule has 56 valence electrons. The van der Waals surface area contributed by atoms with Crippen LogP contribution >= 0.6 is 35.0 Å². The minimum atomic E-state index is 0. The van der Waals surface area contributed by atoms with Gasteiger partial charge in [0.1, 0.15) is 0 Å². The zero-order valence-corrected chi connectivity index (χ0v) is 8.57. The molecule has 0 aliphatic rings. The van der Waals surface area contributed by atoms with E-state index in [1.807, 2.05) is 18.2 Å². The Morgan fingerprint density at radius 2 is 2.00 bits per heavy atom. The molecule has 0 unspecified atom stereocenters. The highest BCUT2D eigenvalue weighted by Crippen LogP contribution is 2.13. The Labute approximate surface area is 80.6 Å². The van der Waals surface area contributed by atoms with Crippen molar-refractivity contribution in [3.05, 3.63) is 27.3 Å². The van der Waals surface area contributed by atoms with E-state index >= 15 is 0 Å². The van der Waals surface area contributed by atoms with Gasteiger partial charge in [-0.15, -0.1) is 12.4 Å². The van der Waals surface area contributed by atoms with Crippen molar-refractivity contribution >= 4 is 40.7 Å². The van der Waals surface area contributed by atoms with E-state index < -0.39 is 0 Å². The normalized spacial score (nSPS) is 8.60. The van der Waals surface area contributed by atoms with Crippen LogP contribution in [0.2, 0.25) is 0 Å². The third-order valence-electron chi connectivity index (χ3n) is 1.20. The molecule has 0 aliphatic carbocycles. The van der Waals surface area contributed by atoms with Crippen LogP contribution in [-0.2, 0) is 0 Å². The molecule has 0 aliphatic heterocycles. The Bertz CT molecular complexity index is 225. The first kappa shape index (κ1) is 10.0. The molecular weight excluding hydrogens is 260 g/mol. The second-order valence-corrected chi connectivity index (χ2v) is 3.17. The number of benzene rings is 1. The Balaban J connectivity index is 0.000000810. The van der Waals surface area contributed by atoms with Gasteiger partial charge < -0.3 is 5.73 Å². The van der Waals surface area contributed by atoms with E-state index in [1.54, 1.807) is 0 Å². The zero-order valence-electron chi connectivity index (χ0n) is 5.60. The molecule has 1 rings (SSSR count). The number of nitrogen functional groups attached to an aromatic ring is 1. The van der Waals surface area contributed by atoms with Gasteiger partial charge in [-0.1, -0.05) is 6.07 Å². The van der Waals surface area contributed by atoms with E-state index in [0.29, 0.717) is 0 Å². The van der Waals surface area contributed by atoms with Gasteiger partial charge in [0.2, 0.25) is 0 Å². The lowest BCUT2D eigenvalue weighted by atomic mass is 10.2. The number of halogens is 2. The number of anilines is 1. The molecule has 0 amide bonds. The molecule has 1 nitrogen and oxygen atoms in total. The van der Waals surface area contributed by atoms with E-state index in [-0.39, 0.29) is 12.4 Å². The molecular formula is C7H9ClIN. The van der Waals surface area contributed by atoms with E-state index in [2.05, 4.69) is 29.5 Å². The fraction of sp³-hybridized carbons (Fsp3) is 0.143. The largest absolute Gasteiger partial charge is 0.399 e. The lowest BCUT2D eigenvalue weighted by molar-refractivity contribution is 1.43. The summed E-state index contributed by atoms with van der Waals surface area (Å²) < 4.78 is 1.23. The monoisotopic (exact) mass is 269 g/mol. The Morgan fingerprint density at radius 1 is 1.40 bits per heavy atom. The first-order chi connectivity index (χ1) is 4.20.